The van der Waals surface area contributed by atoms with Gasteiger partial charge in [-0.15, -0.1) is 11.8 Å². The van der Waals surface area contributed by atoms with Crippen molar-refractivity contribution in [2.45, 2.75) is 4.90 Å². The zero-order valence-corrected chi connectivity index (χ0v) is 9.41. The van der Waals surface area contributed by atoms with Crippen LogP contribution in [0, 0.1) is 11.3 Å². The Morgan fingerprint density at radius 1 is 1.38 bits per heavy atom. The smallest absolute Gasteiger partial charge is 0.230 e. The molecule has 4 nitrogen and oxygen atoms in total. The molecule has 0 spiro atoms. The van der Waals surface area contributed by atoms with Gasteiger partial charge in [-0.1, -0.05) is 0 Å². The summed E-state index contributed by atoms with van der Waals surface area (Å²) in [6.45, 7) is 0. The summed E-state index contributed by atoms with van der Waals surface area (Å²) in [7, 11) is 0. The molecule has 16 heavy (non-hydrogen) atoms. The van der Waals surface area contributed by atoms with Crippen LogP contribution in [0.2, 0.25) is 0 Å². The van der Waals surface area contributed by atoms with Crippen molar-refractivity contribution < 1.29 is 4.42 Å². The fraction of sp³-hybridized carbons (Fsp3) is 0.0909. The van der Waals surface area contributed by atoms with E-state index in [1.807, 2.05) is 36.6 Å². The van der Waals surface area contributed by atoms with E-state index in [0.29, 0.717) is 5.89 Å². The quantitative estimate of drug-likeness (QED) is 0.804. The van der Waals surface area contributed by atoms with Crippen LogP contribution in [0.5, 0.6) is 0 Å². The Kier molecular flexibility index (Phi) is 2.84. The van der Waals surface area contributed by atoms with Crippen molar-refractivity contribution in [3.63, 3.8) is 0 Å². The van der Waals surface area contributed by atoms with Gasteiger partial charge in [0.15, 0.2) is 0 Å². The van der Waals surface area contributed by atoms with E-state index < -0.39 is 0 Å². The van der Waals surface area contributed by atoms with Crippen molar-refractivity contribution in [1.82, 2.24) is 4.98 Å². The molecule has 0 amide bonds. The van der Waals surface area contributed by atoms with E-state index in [1.165, 1.54) is 0 Å². The van der Waals surface area contributed by atoms with Gasteiger partial charge in [0.25, 0.3) is 0 Å². The third kappa shape index (κ3) is 1.88. The van der Waals surface area contributed by atoms with Crippen molar-refractivity contribution in [3.8, 4) is 17.5 Å². The highest BCUT2D eigenvalue weighted by molar-refractivity contribution is 7.98. The molecule has 0 saturated carbocycles. The number of rotatable bonds is 2. The summed E-state index contributed by atoms with van der Waals surface area (Å²) in [5.41, 5.74) is 6.43. The molecule has 0 saturated heterocycles. The van der Waals surface area contributed by atoms with E-state index >= 15 is 0 Å². The molecule has 0 aliphatic rings. The molecule has 0 aliphatic carbocycles. The predicted octanol–water partition coefficient (Wildman–Crippen LogP) is 2.52. The lowest BCUT2D eigenvalue weighted by molar-refractivity contribution is 0.593. The number of nitrogen functional groups attached to an aromatic ring is 1. The summed E-state index contributed by atoms with van der Waals surface area (Å²) >= 11 is 1.66. The number of thioether (sulfide) groups is 1. The predicted molar refractivity (Wildman–Crippen MR) is 62.8 cm³/mol. The Morgan fingerprint density at radius 3 is 2.56 bits per heavy atom. The SMILES string of the molecule is CSc1ccc(-c2nc(C#N)c(N)o2)cc1. The topological polar surface area (TPSA) is 75.8 Å². The normalized spacial score (nSPS) is 10.0. The van der Waals surface area contributed by atoms with Crippen molar-refractivity contribution in [3.05, 3.63) is 30.0 Å². The van der Waals surface area contributed by atoms with Crippen LogP contribution >= 0.6 is 11.8 Å². The number of hydrogen-bond acceptors (Lipinski definition) is 5. The summed E-state index contributed by atoms with van der Waals surface area (Å²) in [6, 6.07) is 9.58. The third-order valence-electron chi connectivity index (χ3n) is 2.10. The first kappa shape index (κ1) is 10.6. The van der Waals surface area contributed by atoms with Gasteiger partial charge in [0.1, 0.15) is 6.07 Å². The molecular weight excluding hydrogens is 222 g/mol. The monoisotopic (exact) mass is 231 g/mol. The van der Waals surface area contributed by atoms with E-state index in [1.54, 1.807) is 11.8 Å². The van der Waals surface area contributed by atoms with Crippen LogP contribution in [-0.4, -0.2) is 11.2 Å². The maximum Gasteiger partial charge on any atom is 0.230 e. The fourth-order valence-electron chi connectivity index (χ4n) is 1.27. The van der Waals surface area contributed by atoms with E-state index in [4.69, 9.17) is 15.4 Å². The second kappa shape index (κ2) is 4.29. The summed E-state index contributed by atoms with van der Waals surface area (Å²) < 4.78 is 5.20. The Labute approximate surface area is 97.1 Å². The van der Waals surface area contributed by atoms with Gasteiger partial charge in [-0.2, -0.15) is 10.2 Å². The van der Waals surface area contributed by atoms with Crippen LogP contribution in [0.4, 0.5) is 5.88 Å². The first-order chi connectivity index (χ1) is 7.74. The first-order valence-electron chi connectivity index (χ1n) is 4.55. The van der Waals surface area contributed by atoms with Crippen molar-refractivity contribution >= 4 is 17.6 Å². The summed E-state index contributed by atoms with van der Waals surface area (Å²) in [4.78, 5) is 5.15. The van der Waals surface area contributed by atoms with Crippen LogP contribution in [0.3, 0.4) is 0 Å². The molecule has 1 aromatic heterocycles. The molecule has 2 aromatic rings. The van der Waals surface area contributed by atoms with E-state index in [2.05, 4.69) is 4.98 Å². The average Bonchev–Trinajstić information content (AvgIpc) is 2.71. The van der Waals surface area contributed by atoms with Crippen molar-refractivity contribution in [2.75, 3.05) is 12.0 Å². The molecule has 0 radical (unpaired) electrons. The number of oxazole rings is 1. The molecule has 0 aliphatic heterocycles. The zero-order chi connectivity index (χ0) is 11.5. The van der Waals surface area contributed by atoms with Gasteiger partial charge in [-0.25, -0.2) is 0 Å². The van der Waals surface area contributed by atoms with Gasteiger partial charge in [0.05, 0.1) is 0 Å². The Morgan fingerprint density at radius 2 is 2.06 bits per heavy atom. The number of anilines is 1. The largest absolute Gasteiger partial charge is 0.419 e. The van der Waals surface area contributed by atoms with E-state index in [-0.39, 0.29) is 11.6 Å². The molecular formula is C11H9N3OS. The molecule has 0 unspecified atom stereocenters. The number of nitrogens with two attached hydrogens (primary N) is 1. The summed E-state index contributed by atoms with van der Waals surface area (Å²) in [5.74, 6) is 0.438. The van der Waals surface area contributed by atoms with Gasteiger partial charge in [-0.3, -0.25) is 0 Å². The van der Waals surface area contributed by atoms with Crippen LogP contribution in [0.15, 0.2) is 33.6 Å². The first-order valence-corrected chi connectivity index (χ1v) is 5.78. The number of nitrogens with zero attached hydrogens (tertiary/aromatic N) is 2. The molecule has 1 heterocycles. The van der Waals surface area contributed by atoms with Gasteiger partial charge >= 0.3 is 0 Å². The second-order valence-electron chi connectivity index (χ2n) is 3.07. The Bertz CT molecular complexity index is 539. The van der Waals surface area contributed by atoms with Crippen LogP contribution < -0.4 is 5.73 Å². The highest BCUT2D eigenvalue weighted by Crippen LogP contribution is 2.25. The molecule has 5 heteroatoms. The lowest BCUT2D eigenvalue weighted by Crippen LogP contribution is -1.84. The fourth-order valence-corrected chi connectivity index (χ4v) is 1.68. The van der Waals surface area contributed by atoms with Crippen LogP contribution in [0.1, 0.15) is 5.69 Å². The summed E-state index contributed by atoms with van der Waals surface area (Å²) in [5, 5.41) is 8.71. The minimum absolute atomic E-state index is 0.0615. The van der Waals surface area contributed by atoms with Crippen molar-refractivity contribution in [2.24, 2.45) is 0 Å². The van der Waals surface area contributed by atoms with Crippen LogP contribution in [-0.2, 0) is 0 Å². The molecule has 2 rings (SSSR count). The van der Waals surface area contributed by atoms with E-state index in [0.717, 1.165) is 10.5 Å². The molecule has 0 fully saturated rings. The minimum atomic E-state index is 0.0615. The zero-order valence-electron chi connectivity index (χ0n) is 8.60. The standard InChI is InChI=1S/C11H9N3OS/c1-16-8-4-2-7(3-5-8)11-14-9(6-12)10(13)15-11/h2-5H,13H2,1H3. The average molecular weight is 231 g/mol. The van der Waals surface area contributed by atoms with Crippen LogP contribution in [0.25, 0.3) is 11.5 Å². The molecule has 80 valence electrons. The maximum absolute atomic E-state index is 8.71. The van der Waals surface area contributed by atoms with Gasteiger partial charge in [0, 0.05) is 10.5 Å². The summed E-state index contributed by atoms with van der Waals surface area (Å²) in [6.07, 6.45) is 2.01. The highest BCUT2D eigenvalue weighted by Gasteiger charge is 2.11. The molecule has 2 N–H and O–H groups in total. The number of hydrogen-bond donors (Lipinski definition) is 1. The lowest BCUT2D eigenvalue weighted by atomic mass is 10.2. The molecule has 0 bridgehead atoms. The van der Waals surface area contributed by atoms with Gasteiger partial charge in [0.2, 0.25) is 17.5 Å². The number of benzene rings is 1. The van der Waals surface area contributed by atoms with Gasteiger partial charge < -0.3 is 10.2 Å². The molecule has 1 aromatic carbocycles. The maximum atomic E-state index is 8.71. The second-order valence-corrected chi connectivity index (χ2v) is 3.95. The number of aromatic nitrogens is 1. The number of nitriles is 1. The minimum Gasteiger partial charge on any atom is -0.419 e. The van der Waals surface area contributed by atoms with Crippen molar-refractivity contribution in [1.29, 1.82) is 5.26 Å². The third-order valence-corrected chi connectivity index (χ3v) is 2.84. The Hall–Kier alpha value is -1.93. The molecule has 0 atom stereocenters. The highest BCUT2D eigenvalue weighted by atomic mass is 32.2. The Balaban J connectivity index is 2.39. The van der Waals surface area contributed by atoms with E-state index in [9.17, 15) is 0 Å². The van der Waals surface area contributed by atoms with Gasteiger partial charge in [-0.05, 0) is 30.5 Å². The lowest BCUT2D eigenvalue weighted by Gasteiger charge is -1.97.